The lowest BCUT2D eigenvalue weighted by atomic mass is 9.95. The summed E-state index contributed by atoms with van der Waals surface area (Å²) >= 11 is 0. The van der Waals surface area contributed by atoms with Gasteiger partial charge < -0.3 is 5.11 Å². The number of nitrogens with zero attached hydrogens (tertiary/aromatic N) is 2. The zero-order valence-corrected chi connectivity index (χ0v) is 10.6. The second-order valence-corrected chi connectivity index (χ2v) is 5.41. The van der Waals surface area contributed by atoms with Crippen molar-refractivity contribution in [3.05, 3.63) is 35.1 Å². The van der Waals surface area contributed by atoms with Crippen molar-refractivity contribution in [3.63, 3.8) is 0 Å². The molecule has 0 radical (unpaired) electrons. The molecule has 1 aromatic carbocycles. The average Bonchev–Trinajstić information content (AvgIpc) is 2.38. The van der Waals surface area contributed by atoms with Crippen molar-refractivity contribution in [2.75, 3.05) is 32.7 Å². The van der Waals surface area contributed by atoms with E-state index in [1.807, 2.05) is 13.0 Å². The van der Waals surface area contributed by atoms with Crippen molar-refractivity contribution in [1.82, 2.24) is 9.80 Å². The van der Waals surface area contributed by atoms with Gasteiger partial charge in [-0.3, -0.25) is 9.80 Å². The number of fused-ring (bicyclic) bond motifs is 3. The van der Waals surface area contributed by atoms with Crippen molar-refractivity contribution < 1.29 is 9.50 Å². The molecule has 3 nitrogen and oxygen atoms in total. The molecular weight excluding hydrogens is 231 g/mol. The van der Waals surface area contributed by atoms with E-state index in [1.165, 1.54) is 12.1 Å². The van der Waals surface area contributed by atoms with Gasteiger partial charge in [-0.15, -0.1) is 0 Å². The van der Waals surface area contributed by atoms with Crippen LogP contribution in [0.4, 0.5) is 4.39 Å². The first-order valence-electron chi connectivity index (χ1n) is 6.55. The molecule has 2 atom stereocenters. The van der Waals surface area contributed by atoms with Gasteiger partial charge in [0.15, 0.2) is 0 Å². The van der Waals surface area contributed by atoms with Crippen molar-refractivity contribution >= 4 is 0 Å². The van der Waals surface area contributed by atoms with Gasteiger partial charge in [0.25, 0.3) is 0 Å². The lowest BCUT2D eigenvalue weighted by Gasteiger charge is -2.49. The molecular formula is C14H19FN2O. The number of benzene rings is 1. The fourth-order valence-corrected chi connectivity index (χ4v) is 3.11. The Balaban J connectivity index is 1.83. The zero-order valence-electron chi connectivity index (χ0n) is 10.6. The predicted octanol–water partition coefficient (Wildman–Crippen LogP) is 1.17. The van der Waals surface area contributed by atoms with E-state index in [2.05, 4.69) is 9.80 Å². The van der Waals surface area contributed by atoms with Crippen molar-refractivity contribution in [1.29, 1.82) is 0 Å². The van der Waals surface area contributed by atoms with Gasteiger partial charge in [0.1, 0.15) is 5.82 Å². The van der Waals surface area contributed by atoms with Gasteiger partial charge in [-0.05, 0) is 30.2 Å². The summed E-state index contributed by atoms with van der Waals surface area (Å²) < 4.78 is 13.4. The molecule has 0 aromatic heterocycles. The van der Waals surface area contributed by atoms with Gasteiger partial charge in [-0.2, -0.15) is 0 Å². The molecule has 3 heterocycles. The molecule has 0 saturated carbocycles. The summed E-state index contributed by atoms with van der Waals surface area (Å²) in [6, 6.07) is 4.93. The maximum atomic E-state index is 13.4. The minimum Gasteiger partial charge on any atom is -0.387 e. The van der Waals surface area contributed by atoms with Crippen LogP contribution in [-0.2, 0) is 0 Å². The highest BCUT2D eigenvalue weighted by atomic mass is 19.1. The van der Waals surface area contributed by atoms with E-state index in [1.54, 1.807) is 0 Å². The Morgan fingerprint density at radius 3 is 2.50 bits per heavy atom. The summed E-state index contributed by atoms with van der Waals surface area (Å²) in [4.78, 5) is 4.70. The van der Waals surface area contributed by atoms with E-state index in [4.69, 9.17) is 0 Å². The normalized spacial score (nSPS) is 32.5. The molecule has 0 aliphatic carbocycles. The standard InChI is InChI=1S/C14H19FN2O/c1-10-6-11(8-12(15)7-10)14(18)13-9-16-2-4-17(13)5-3-16/h6-8,13-14,18H,2-5,9H2,1H3. The molecule has 1 N–H and O–H groups in total. The largest absolute Gasteiger partial charge is 0.387 e. The second kappa shape index (κ2) is 4.61. The number of aliphatic hydroxyl groups excluding tert-OH is 1. The molecule has 18 heavy (non-hydrogen) atoms. The summed E-state index contributed by atoms with van der Waals surface area (Å²) in [5, 5.41) is 10.5. The van der Waals surface area contributed by atoms with Gasteiger partial charge in [0.2, 0.25) is 0 Å². The van der Waals surface area contributed by atoms with Crippen LogP contribution >= 0.6 is 0 Å². The lowest BCUT2D eigenvalue weighted by molar-refractivity contribution is -0.0471. The van der Waals surface area contributed by atoms with E-state index >= 15 is 0 Å². The Morgan fingerprint density at radius 1 is 1.22 bits per heavy atom. The van der Waals surface area contributed by atoms with Gasteiger partial charge in [-0.25, -0.2) is 4.39 Å². The second-order valence-electron chi connectivity index (χ2n) is 5.41. The number of rotatable bonds is 2. The Hall–Kier alpha value is -0.970. The number of piperazine rings is 3. The van der Waals surface area contributed by atoms with Crippen LogP contribution in [0, 0.1) is 12.7 Å². The van der Waals surface area contributed by atoms with Crippen LogP contribution in [0.1, 0.15) is 17.2 Å². The molecule has 4 heteroatoms. The highest BCUT2D eigenvalue weighted by Gasteiger charge is 2.36. The minimum absolute atomic E-state index is 0.105. The first-order chi connectivity index (χ1) is 8.63. The Labute approximate surface area is 107 Å². The molecule has 3 saturated heterocycles. The van der Waals surface area contributed by atoms with E-state index in [0.717, 1.165) is 38.3 Å². The van der Waals surface area contributed by atoms with Gasteiger partial charge >= 0.3 is 0 Å². The minimum atomic E-state index is -0.595. The maximum Gasteiger partial charge on any atom is 0.123 e. The van der Waals surface area contributed by atoms with Crippen molar-refractivity contribution in [2.24, 2.45) is 0 Å². The topological polar surface area (TPSA) is 26.7 Å². The SMILES string of the molecule is Cc1cc(F)cc(C(O)C2CN3CCN2CC3)c1. The van der Waals surface area contributed by atoms with Crippen molar-refractivity contribution in [2.45, 2.75) is 19.1 Å². The van der Waals surface area contributed by atoms with Crippen molar-refractivity contribution in [3.8, 4) is 0 Å². The number of hydrogen-bond acceptors (Lipinski definition) is 3. The number of aliphatic hydroxyl groups is 1. The third-order valence-corrected chi connectivity index (χ3v) is 4.09. The van der Waals surface area contributed by atoms with Crippen LogP contribution in [-0.4, -0.2) is 53.7 Å². The molecule has 3 aliphatic heterocycles. The molecule has 98 valence electrons. The molecule has 2 unspecified atom stereocenters. The average molecular weight is 250 g/mol. The van der Waals surface area contributed by atoms with E-state index < -0.39 is 6.10 Å². The summed E-state index contributed by atoms with van der Waals surface area (Å²) in [5.74, 6) is -0.264. The number of aryl methyl sites for hydroxylation is 1. The first kappa shape index (κ1) is 12.1. The molecule has 1 aromatic rings. The van der Waals surface area contributed by atoms with Crippen LogP contribution in [0.15, 0.2) is 18.2 Å². The third-order valence-electron chi connectivity index (χ3n) is 4.09. The predicted molar refractivity (Wildman–Crippen MR) is 67.9 cm³/mol. The lowest BCUT2D eigenvalue weighted by Crippen LogP contribution is -2.62. The molecule has 4 rings (SSSR count). The Kier molecular flexibility index (Phi) is 3.09. The number of halogens is 1. The first-order valence-corrected chi connectivity index (χ1v) is 6.55. The molecule has 3 aliphatic rings. The quantitative estimate of drug-likeness (QED) is 0.853. The summed E-state index contributed by atoms with van der Waals surface area (Å²) in [5.41, 5.74) is 1.56. The highest BCUT2D eigenvalue weighted by molar-refractivity contribution is 5.26. The number of hydrogen-bond donors (Lipinski definition) is 1. The summed E-state index contributed by atoms with van der Waals surface area (Å²) in [6.07, 6.45) is -0.595. The van der Waals surface area contributed by atoms with Crippen LogP contribution < -0.4 is 0 Å². The summed E-state index contributed by atoms with van der Waals surface area (Å²) in [6.45, 7) is 6.94. The van der Waals surface area contributed by atoms with E-state index in [9.17, 15) is 9.50 Å². The van der Waals surface area contributed by atoms with E-state index in [0.29, 0.717) is 5.56 Å². The Bertz CT molecular complexity index is 423. The fraction of sp³-hybridized carbons (Fsp3) is 0.571. The summed E-state index contributed by atoms with van der Waals surface area (Å²) in [7, 11) is 0. The Morgan fingerprint density at radius 2 is 1.94 bits per heavy atom. The van der Waals surface area contributed by atoms with Gasteiger partial charge in [0.05, 0.1) is 12.1 Å². The van der Waals surface area contributed by atoms with Crippen LogP contribution in [0.2, 0.25) is 0 Å². The van der Waals surface area contributed by atoms with Crippen LogP contribution in [0.3, 0.4) is 0 Å². The van der Waals surface area contributed by atoms with Crippen LogP contribution in [0.25, 0.3) is 0 Å². The van der Waals surface area contributed by atoms with Gasteiger partial charge in [0, 0.05) is 32.7 Å². The fourth-order valence-electron chi connectivity index (χ4n) is 3.11. The van der Waals surface area contributed by atoms with Crippen LogP contribution in [0.5, 0.6) is 0 Å². The highest BCUT2D eigenvalue weighted by Crippen LogP contribution is 2.28. The molecule has 0 spiro atoms. The zero-order chi connectivity index (χ0) is 12.7. The van der Waals surface area contributed by atoms with Gasteiger partial charge in [-0.1, -0.05) is 6.07 Å². The maximum absolute atomic E-state index is 13.4. The van der Waals surface area contributed by atoms with E-state index in [-0.39, 0.29) is 11.9 Å². The molecule has 3 fully saturated rings. The molecule has 2 bridgehead atoms. The molecule has 0 amide bonds. The smallest absolute Gasteiger partial charge is 0.123 e. The third kappa shape index (κ3) is 2.16. The monoisotopic (exact) mass is 250 g/mol.